The van der Waals surface area contributed by atoms with E-state index in [9.17, 15) is 4.79 Å². The molecule has 110 valence electrons. The maximum atomic E-state index is 12.2. The van der Waals surface area contributed by atoms with E-state index in [1.54, 1.807) is 0 Å². The van der Waals surface area contributed by atoms with E-state index >= 15 is 0 Å². The predicted molar refractivity (Wildman–Crippen MR) is 83.7 cm³/mol. The van der Waals surface area contributed by atoms with Crippen LogP contribution >= 0.6 is 0 Å². The van der Waals surface area contributed by atoms with Crippen LogP contribution in [0.3, 0.4) is 0 Å². The van der Waals surface area contributed by atoms with Crippen LogP contribution in [0.2, 0.25) is 0 Å². The van der Waals surface area contributed by atoms with Gasteiger partial charge in [-0.25, -0.2) is 9.78 Å². The van der Waals surface area contributed by atoms with E-state index in [2.05, 4.69) is 10.3 Å². The van der Waals surface area contributed by atoms with Crippen LogP contribution in [-0.2, 0) is 11.8 Å². The molecule has 0 radical (unpaired) electrons. The predicted octanol–water partition coefficient (Wildman–Crippen LogP) is 3.16. The molecule has 2 aromatic heterocycles. The Kier molecular flexibility index (Phi) is 2.69. The Morgan fingerprint density at radius 2 is 2.00 bits per heavy atom. The average molecular weight is 293 g/mol. The van der Waals surface area contributed by atoms with E-state index in [0.717, 1.165) is 22.2 Å². The minimum atomic E-state index is -0.511. The molecule has 0 spiro atoms. The number of hydrogen-bond donors (Lipinski definition) is 1. The Labute approximate surface area is 127 Å². The Bertz CT molecular complexity index is 898. The molecule has 4 rings (SSSR count). The molecule has 1 aromatic carbocycles. The summed E-state index contributed by atoms with van der Waals surface area (Å²) in [5.74, 6) is 0.387. The van der Waals surface area contributed by atoms with Crippen LogP contribution in [0.4, 0.5) is 5.82 Å². The van der Waals surface area contributed by atoms with Crippen molar-refractivity contribution in [2.45, 2.75) is 13.2 Å². The lowest BCUT2D eigenvalue weighted by Crippen LogP contribution is -2.12. The van der Waals surface area contributed by atoms with E-state index in [4.69, 9.17) is 4.74 Å². The van der Waals surface area contributed by atoms with Gasteiger partial charge in [-0.1, -0.05) is 24.3 Å². The Hall–Kier alpha value is -2.82. The first kappa shape index (κ1) is 12.9. The number of esters is 1. The lowest BCUT2D eigenvalue weighted by molar-refractivity contribution is 0.0430. The van der Waals surface area contributed by atoms with E-state index in [-0.39, 0.29) is 5.97 Å². The van der Waals surface area contributed by atoms with Gasteiger partial charge in [-0.15, -0.1) is 0 Å². The summed E-state index contributed by atoms with van der Waals surface area (Å²) in [4.78, 5) is 16.6. The maximum Gasteiger partial charge on any atom is 0.357 e. The van der Waals surface area contributed by atoms with Crippen molar-refractivity contribution in [3.05, 3.63) is 59.4 Å². The molecular formula is C17H15N3O2. The normalized spacial score (nSPS) is 16.6. The molecule has 22 heavy (non-hydrogen) atoms. The van der Waals surface area contributed by atoms with Gasteiger partial charge in [-0.05, 0) is 25.1 Å². The number of hydrogen-bond acceptors (Lipinski definition) is 4. The third-order valence-electron chi connectivity index (χ3n) is 3.99. The fourth-order valence-electron chi connectivity index (χ4n) is 3.02. The lowest BCUT2D eigenvalue weighted by Gasteiger charge is -2.14. The zero-order valence-electron chi connectivity index (χ0n) is 12.3. The highest BCUT2D eigenvalue weighted by atomic mass is 16.6. The highest BCUT2D eigenvalue weighted by Crippen LogP contribution is 2.38. The van der Waals surface area contributed by atoms with Gasteiger partial charge < -0.3 is 14.6 Å². The Morgan fingerprint density at radius 3 is 2.82 bits per heavy atom. The second-order valence-corrected chi connectivity index (χ2v) is 5.43. The summed E-state index contributed by atoms with van der Waals surface area (Å²) in [5.41, 5.74) is 3.42. The van der Waals surface area contributed by atoms with Gasteiger partial charge in [0.1, 0.15) is 11.5 Å². The molecule has 0 aliphatic carbocycles. The number of pyridine rings is 1. The second kappa shape index (κ2) is 4.59. The van der Waals surface area contributed by atoms with Gasteiger partial charge in [-0.2, -0.15) is 0 Å². The van der Waals surface area contributed by atoms with Gasteiger partial charge >= 0.3 is 5.97 Å². The smallest absolute Gasteiger partial charge is 0.357 e. The van der Waals surface area contributed by atoms with Crippen molar-refractivity contribution in [1.82, 2.24) is 9.55 Å². The molecule has 0 bridgehead atoms. The van der Waals surface area contributed by atoms with Gasteiger partial charge in [-0.3, -0.25) is 0 Å². The van der Waals surface area contributed by atoms with Crippen molar-refractivity contribution in [3.8, 4) is 0 Å². The number of nitrogens with zero attached hydrogens (tertiary/aromatic N) is 2. The minimum Gasteiger partial charge on any atom is -0.433 e. The molecular weight excluding hydrogens is 278 g/mol. The highest BCUT2D eigenvalue weighted by Gasteiger charge is 2.36. The van der Waals surface area contributed by atoms with Crippen molar-refractivity contribution in [1.29, 1.82) is 0 Å². The monoisotopic (exact) mass is 293 g/mol. The first-order valence-corrected chi connectivity index (χ1v) is 7.13. The van der Waals surface area contributed by atoms with Crippen LogP contribution in [0.1, 0.15) is 28.0 Å². The number of nitrogens with one attached hydrogen (secondary N) is 1. The molecule has 1 N–H and O–H groups in total. The molecule has 1 aliphatic rings. The van der Waals surface area contributed by atoms with Gasteiger partial charge in [0.05, 0.1) is 5.56 Å². The zero-order valence-corrected chi connectivity index (χ0v) is 12.3. The van der Waals surface area contributed by atoms with Crippen molar-refractivity contribution in [3.63, 3.8) is 0 Å². The molecule has 1 aliphatic heterocycles. The molecule has 0 saturated carbocycles. The molecule has 0 amide bonds. The summed E-state index contributed by atoms with van der Waals surface area (Å²) in [7, 11) is 1.88. The SMILES string of the molecule is Cc1cccc(N[C@H]2OC(=O)c3c2c2ccccc2n3C)n1. The van der Waals surface area contributed by atoms with Gasteiger partial charge in [0.2, 0.25) is 6.23 Å². The van der Waals surface area contributed by atoms with Gasteiger partial charge in [0.15, 0.2) is 0 Å². The number of cyclic esters (lactones) is 1. The number of benzene rings is 1. The average Bonchev–Trinajstić information content (AvgIpc) is 2.98. The maximum absolute atomic E-state index is 12.2. The molecule has 3 heterocycles. The van der Waals surface area contributed by atoms with Crippen molar-refractivity contribution >= 4 is 22.7 Å². The molecule has 5 nitrogen and oxygen atoms in total. The lowest BCUT2D eigenvalue weighted by atomic mass is 10.1. The van der Waals surface area contributed by atoms with Crippen LogP contribution in [0.15, 0.2) is 42.5 Å². The number of carbonyl (C=O) groups is 1. The number of fused-ring (bicyclic) bond motifs is 3. The molecule has 3 aromatic rings. The molecule has 0 fully saturated rings. The number of rotatable bonds is 2. The summed E-state index contributed by atoms with van der Waals surface area (Å²) < 4.78 is 7.38. The third kappa shape index (κ3) is 1.79. The number of para-hydroxylation sites is 1. The van der Waals surface area contributed by atoms with E-state index in [1.807, 2.05) is 61.0 Å². The summed E-state index contributed by atoms with van der Waals surface area (Å²) in [6.07, 6.45) is -0.511. The van der Waals surface area contributed by atoms with Gasteiger partial charge in [0, 0.05) is 23.6 Å². The topological polar surface area (TPSA) is 56.1 Å². The number of aryl methyl sites for hydroxylation is 2. The van der Waals surface area contributed by atoms with Crippen LogP contribution in [0.5, 0.6) is 0 Å². The zero-order chi connectivity index (χ0) is 15.3. The first-order valence-electron chi connectivity index (χ1n) is 7.13. The largest absolute Gasteiger partial charge is 0.433 e. The number of carbonyl (C=O) groups excluding carboxylic acids is 1. The summed E-state index contributed by atoms with van der Waals surface area (Å²) >= 11 is 0. The number of aromatic nitrogens is 2. The van der Waals surface area contributed by atoms with Gasteiger partial charge in [0.25, 0.3) is 0 Å². The molecule has 0 saturated heterocycles. The van der Waals surface area contributed by atoms with Crippen molar-refractivity contribution < 1.29 is 9.53 Å². The fourth-order valence-corrected chi connectivity index (χ4v) is 3.02. The number of anilines is 1. The minimum absolute atomic E-state index is 0.307. The fraction of sp³-hybridized carbons (Fsp3) is 0.176. The van der Waals surface area contributed by atoms with Crippen LogP contribution in [0.25, 0.3) is 10.9 Å². The number of ether oxygens (including phenoxy) is 1. The Balaban J connectivity index is 1.83. The first-order chi connectivity index (χ1) is 10.6. The molecule has 0 unspecified atom stereocenters. The van der Waals surface area contributed by atoms with Crippen LogP contribution < -0.4 is 5.32 Å². The summed E-state index contributed by atoms with van der Waals surface area (Å²) in [5, 5.41) is 4.23. The van der Waals surface area contributed by atoms with Crippen molar-refractivity contribution in [2.24, 2.45) is 7.05 Å². The highest BCUT2D eigenvalue weighted by molar-refractivity contribution is 6.02. The standard InChI is InChI=1S/C17H15N3O2/c1-10-6-5-9-13(18-10)19-16-14-11-7-3-4-8-12(11)20(2)15(14)17(21)22-16/h3-9,16H,1-2H3,(H,18,19)/t16-/m0/s1. The van der Waals surface area contributed by atoms with E-state index < -0.39 is 6.23 Å². The summed E-state index contributed by atoms with van der Waals surface area (Å²) in [6, 6.07) is 13.7. The Morgan fingerprint density at radius 1 is 1.18 bits per heavy atom. The van der Waals surface area contributed by atoms with Crippen LogP contribution in [-0.4, -0.2) is 15.5 Å². The van der Waals surface area contributed by atoms with E-state index in [0.29, 0.717) is 11.5 Å². The summed E-state index contributed by atoms with van der Waals surface area (Å²) in [6.45, 7) is 1.93. The third-order valence-corrected chi connectivity index (χ3v) is 3.99. The van der Waals surface area contributed by atoms with Crippen molar-refractivity contribution in [2.75, 3.05) is 5.32 Å². The quantitative estimate of drug-likeness (QED) is 0.737. The molecule has 1 atom stereocenters. The van der Waals surface area contributed by atoms with E-state index in [1.165, 1.54) is 0 Å². The van der Waals surface area contributed by atoms with Crippen LogP contribution in [0, 0.1) is 6.92 Å². The molecule has 5 heteroatoms. The second-order valence-electron chi connectivity index (χ2n) is 5.43.